The molecule has 2 aliphatic heterocycles. The van der Waals surface area contributed by atoms with E-state index in [-0.39, 0.29) is 24.4 Å². The molecule has 0 bridgehead atoms. The van der Waals surface area contributed by atoms with E-state index >= 15 is 0 Å². The summed E-state index contributed by atoms with van der Waals surface area (Å²) in [5, 5.41) is 6.25. The maximum atomic E-state index is 12.6. The molecule has 1 atom stereocenters. The van der Waals surface area contributed by atoms with Crippen molar-refractivity contribution in [3.8, 4) is 11.5 Å². The minimum Gasteiger partial charge on any atom is -0.492 e. The van der Waals surface area contributed by atoms with Crippen LogP contribution in [0.3, 0.4) is 0 Å². The molecule has 0 spiro atoms. The van der Waals surface area contributed by atoms with Crippen LogP contribution in [-0.4, -0.2) is 36.7 Å². The van der Waals surface area contributed by atoms with Crippen LogP contribution >= 0.6 is 12.4 Å². The third kappa shape index (κ3) is 3.92. The number of carbonyl (C=O) groups excluding carboxylic acids is 1. The first-order chi connectivity index (χ1) is 12.3. The fraction of sp³-hybridized carbons (Fsp3) is 0.368. The lowest BCUT2D eigenvalue weighted by Gasteiger charge is -2.16. The van der Waals surface area contributed by atoms with Crippen LogP contribution in [0.1, 0.15) is 27.9 Å². The summed E-state index contributed by atoms with van der Waals surface area (Å²) >= 11 is 0. The second kappa shape index (κ2) is 8.38. The molecule has 2 aromatic rings. The Bertz CT molecular complexity index is 778. The molecule has 6 nitrogen and oxygen atoms in total. The summed E-state index contributed by atoms with van der Waals surface area (Å²) in [5.41, 5.74) is 2.60. The number of hydrogen-bond acceptors (Lipinski definition) is 5. The lowest BCUT2D eigenvalue weighted by molar-refractivity contribution is 0.0947. The van der Waals surface area contributed by atoms with Gasteiger partial charge < -0.3 is 20.1 Å². The number of carbonyl (C=O) groups is 1. The van der Waals surface area contributed by atoms with Crippen molar-refractivity contribution in [3.05, 3.63) is 53.3 Å². The predicted molar refractivity (Wildman–Crippen MR) is 100 cm³/mol. The highest BCUT2D eigenvalue weighted by atomic mass is 35.5. The Morgan fingerprint density at radius 3 is 3.15 bits per heavy atom. The minimum atomic E-state index is -0.135. The van der Waals surface area contributed by atoms with Gasteiger partial charge in [0, 0.05) is 31.3 Å². The van der Waals surface area contributed by atoms with Crippen molar-refractivity contribution in [2.75, 3.05) is 19.7 Å². The molecule has 0 radical (unpaired) electrons. The van der Waals surface area contributed by atoms with Crippen molar-refractivity contribution >= 4 is 18.3 Å². The number of ether oxygens (including phenoxy) is 2. The average molecular weight is 376 g/mol. The summed E-state index contributed by atoms with van der Waals surface area (Å²) < 4.78 is 11.6. The number of pyridine rings is 1. The fourth-order valence-electron chi connectivity index (χ4n) is 3.23. The average Bonchev–Trinajstić information content (AvgIpc) is 3.31. The van der Waals surface area contributed by atoms with E-state index in [2.05, 4.69) is 15.6 Å². The van der Waals surface area contributed by atoms with E-state index in [9.17, 15) is 4.79 Å². The van der Waals surface area contributed by atoms with Gasteiger partial charge >= 0.3 is 0 Å². The van der Waals surface area contributed by atoms with E-state index in [1.807, 2.05) is 18.2 Å². The maximum absolute atomic E-state index is 12.6. The number of nitrogens with one attached hydrogen (secondary N) is 2. The van der Waals surface area contributed by atoms with Crippen LogP contribution in [0.2, 0.25) is 0 Å². The standard InChI is InChI=1S/C19H21N3O3.ClH/c23-19(16-3-1-2-13-6-9-24-18(13)16)22-10-14-4-7-21-12-17(14)25-15-5-8-20-11-15;/h1-4,7,12,15,20H,5-6,8-11H2,(H,22,23);1H/t15-;/m0./s1. The second-order valence-electron chi connectivity index (χ2n) is 6.29. The third-order valence-corrected chi connectivity index (χ3v) is 4.58. The number of rotatable bonds is 5. The number of halogens is 1. The van der Waals surface area contributed by atoms with E-state index in [0.29, 0.717) is 24.5 Å². The molecule has 26 heavy (non-hydrogen) atoms. The number of hydrogen-bond donors (Lipinski definition) is 2. The number of amides is 1. The number of aromatic nitrogens is 1. The third-order valence-electron chi connectivity index (χ3n) is 4.58. The van der Waals surface area contributed by atoms with E-state index in [0.717, 1.165) is 42.8 Å². The smallest absolute Gasteiger partial charge is 0.255 e. The molecule has 1 amide bonds. The molecule has 0 unspecified atom stereocenters. The van der Waals surface area contributed by atoms with Crippen molar-refractivity contribution in [1.29, 1.82) is 0 Å². The van der Waals surface area contributed by atoms with Gasteiger partial charge in [-0.3, -0.25) is 9.78 Å². The zero-order chi connectivity index (χ0) is 17.1. The Kier molecular flexibility index (Phi) is 5.96. The Morgan fingerprint density at radius 2 is 2.31 bits per heavy atom. The lowest BCUT2D eigenvalue weighted by atomic mass is 10.1. The maximum Gasteiger partial charge on any atom is 0.255 e. The first-order valence-corrected chi connectivity index (χ1v) is 8.64. The minimum absolute atomic E-state index is 0. The molecule has 138 valence electrons. The number of para-hydroxylation sites is 1. The highest BCUT2D eigenvalue weighted by Gasteiger charge is 2.21. The Balaban J connectivity index is 0.00000196. The van der Waals surface area contributed by atoms with Gasteiger partial charge in [0.15, 0.2) is 0 Å². The van der Waals surface area contributed by atoms with E-state index in [4.69, 9.17) is 9.47 Å². The van der Waals surface area contributed by atoms with Crippen molar-refractivity contribution in [2.45, 2.75) is 25.5 Å². The fourth-order valence-corrected chi connectivity index (χ4v) is 3.23. The molecular formula is C19H22ClN3O3. The molecule has 0 saturated carbocycles. The quantitative estimate of drug-likeness (QED) is 0.837. The van der Waals surface area contributed by atoms with Gasteiger partial charge in [-0.05, 0) is 30.7 Å². The molecule has 2 N–H and O–H groups in total. The molecule has 3 heterocycles. The van der Waals surface area contributed by atoms with Gasteiger partial charge in [-0.25, -0.2) is 0 Å². The zero-order valence-corrected chi connectivity index (χ0v) is 15.2. The van der Waals surface area contributed by atoms with E-state index in [1.165, 1.54) is 0 Å². The summed E-state index contributed by atoms with van der Waals surface area (Å²) in [6.45, 7) is 2.84. The molecule has 1 aromatic heterocycles. The summed E-state index contributed by atoms with van der Waals surface area (Å²) in [7, 11) is 0. The van der Waals surface area contributed by atoms with Crippen molar-refractivity contribution in [1.82, 2.24) is 15.6 Å². The normalized spacial score (nSPS) is 17.8. The van der Waals surface area contributed by atoms with Crippen LogP contribution in [0.15, 0.2) is 36.7 Å². The molecule has 1 aromatic carbocycles. The number of benzene rings is 1. The first-order valence-electron chi connectivity index (χ1n) is 8.64. The number of fused-ring (bicyclic) bond motifs is 1. The molecular weight excluding hydrogens is 354 g/mol. The van der Waals surface area contributed by atoms with Crippen molar-refractivity contribution < 1.29 is 14.3 Å². The van der Waals surface area contributed by atoms with Crippen LogP contribution in [0.4, 0.5) is 0 Å². The second-order valence-corrected chi connectivity index (χ2v) is 6.29. The van der Waals surface area contributed by atoms with Gasteiger partial charge in [0.2, 0.25) is 0 Å². The Hall–Kier alpha value is -2.31. The monoisotopic (exact) mass is 375 g/mol. The Morgan fingerprint density at radius 1 is 1.38 bits per heavy atom. The molecule has 4 rings (SSSR count). The summed E-state index contributed by atoms with van der Waals surface area (Å²) in [4.78, 5) is 16.7. The SMILES string of the molecule is Cl.O=C(NCc1ccncc1O[C@H]1CCNC1)c1cccc2c1OCC2. The zero-order valence-electron chi connectivity index (χ0n) is 14.4. The Labute approximate surface area is 158 Å². The molecule has 1 fully saturated rings. The molecule has 2 aliphatic rings. The van der Waals surface area contributed by atoms with Crippen LogP contribution in [0, 0.1) is 0 Å². The van der Waals surface area contributed by atoms with Gasteiger partial charge in [0.1, 0.15) is 17.6 Å². The topological polar surface area (TPSA) is 72.5 Å². The van der Waals surface area contributed by atoms with Gasteiger partial charge in [-0.2, -0.15) is 0 Å². The summed E-state index contributed by atoms with van der Waals surface area (Å²) in [6, 6.07) is 7.58. The lowest BCUT2D eigenvalue weighted by Crippen LogP contribution is -2.25. The largest absolute Gasteiger partial charge is 0.492 e. The highest BCUT2D eigenvalue weighted by molar-refractivity contribution is 5.97. The number of nitrogens with zero attached hydrogens (tertiary/aromatic N) is 1. The van der Waals surface area contributed by atoms with Gasteiger partial charge in [0.25, 0.3) is 5.91 Å². The van der Waals surface area contributed by atoms with Crippen LogP contribution in [-0.2, 0) is 13.0 Å². The molecule has 1 saturated heterocycles. The summed E-state index contributed by atoms with van der Waals surface area (Å²) in [5.74, 6) is 1.30. The van der Waals surface area contributed by atoms with Crippen molar-refractivity contribution in [3.63, 3.8) is 0 Å². The predicted octanol–water partition coefficient (Wildman–Crippen LogP) is 2.11. The van der Waals surface area contributed by atoms with E-state index in [1.54, 1.807) is 18.5 Å². The van der Waals surface area contributed by atoms with Crippen LogP contribution in [0.25, 0.3) is 0 Å². The van der Waals surface area contributed by atoms with Gasteiger partial charge in [-0.1, -0.05) is 12.1 Å². The summed E-state index contributed by atoms with van der Waals surface area (Å²) in [6.07, 6.45) is 5.42. The van der Waals surface area contributed by atoms with E-state index < -0.39 is 0 Å². The van der Waals surface area contributed by atoms with Gasteiger partial charge in [0.05, 0.1) is 18.4 Å². The highest BCUT2D eigenvalue weighted by Crippen LogP contribution is 2.29. The first kappa shape index (κ1) is 18.5. The van der Waals surface area contributed by atoms with Crippen LogP contribution < -0.4 is 20.1 Å². The van der Waals surface area contributed by atoms with Crippen LogP contribution in [0.5, 0.6) is 11.5 Å². The van der Waals surface area contributed by atoms with Gasteiger partial charge in [-0.15, -0.1) is 12.4 Å². The van der Waals surface area contributed by atoms with Crippen molar-refractivity contribution in [2.24, 2.45) is 0 Å². The molecule has 0 aliphatic carbocycles. The molecule has 7 heteroatoms.